The summed E-state index contributed by atoms with van der Waals surface area (Å²) < 4.78 is 2.37. The van der Waals surface area contributed by atoms with E-state index >= 15 is 0 Å². The molecule has 0 aromatic carbocycles. The maximum Gasteiger partial charge on any atom is 0.228 e. The molecule has 0 unspecified atom stereocenters. The van der Waals surface area contributed by atoms with Gasteiger partial charge in [-0.1, -0.05) is 24.9 Å². The molecule has 2 N–H and O–H groups in total. The molecule has 2 aliphatic heterocycles. The maximum atomic E-state index is 12.2. The van der Waals surface area contributed by atoms with Gasteiger partial charge in [0.1, 0.15) is 11.5 Å². The molecule has 2 aromatic rings. The molecule has 162 valence electrons. The van der Waals surface area contributed by atoms with Crippen molar-refractivity contribution in [1.82, 2.24) is 19.2 Å². The van der Waals surface area contributed by atoms with E-state index in [1.54, 1.807) is 0 Å². The van der Waals surface area contributed by atoms with E-state index in [1.807, 2.05) is 24.2 Å². The van der Waals surface area contributed by atoms with E-state index in [-0.39, 0.29) is 17.4 Å². The van der Waals surface area contributed by atoms with Crippen LogP contribution in [0.3, 0.4) is 0 Å². The number of rotatable bonds is 7. The Morgan fingerprint density at radius 3 is 2.97 bits per heavy atom. The molecular weight excluding hydrogens is 408 g/mol. The Balaban J connectivity index is 1.36. The molecule has 1 saturated carbocycles. The molecule has 3 aliphatic rings. The van der Waals surface area contributed by atoms with E-state index < -0.39 is 0 Å². The average Bonchev–Trinajstić information content (AvgIpc) is 3.50. The van der Waals surface area contributed by atoms with Crippen molar-refractivity contribution in [3.63, 3.8) is 0 Å². The zero-order chi connectivity index (χ0) is 21.4. The van der Waals surface area contributed by atoms with Crippen LogP contribution in [0.5, 0.6) is 0 Å². The number of pyridine rings is 1. The SMILES string of the molecule is CCSN1CC(CC#N)(N2CC=C(c3cc(NC(=O)C4CC4)nc4[nH]ccc34)CC2)C1. The van der Waals surface area contributed by atoms with Crippen molar-refractivity contribution in [1.29, 1.82) is 5.26 Å². The summed E-state index contributed by atoms with van der Waals surface area (Å²) in [4.78, 5) is 22.5. The minimum absolute atomic E-state index is 0.0238. The van der Waals surface area contributed by atoms with Crippen LogP contribution in [0, 0.1) is 17.2 Å². The first kappa shape index (κ1) is 20.6. The van der Waals surface area contributed by atoms with Gasteiger partial charge in [-0.05, 0) is 42.5 Å². The van der Waals surface area contributed by atoms with E-state index in [0.717, 1.165) is 67.8 Å². The minimum atomic E-state index is -0.0238. The lowest BCUT2D eigenvalue weighted by Gasteiger charge is -2.55. The van der Waals surface area contributed by atoms with Crippen molar-refractivity contribution < 1.29 is 4.79 Å². The molecule has 1 amide bonds. The van der Waals surface area contributed by atoms with Crippen LogP contribution in [0.4, 0.5) is 5.82 Å². The van der Waals surface area contributed by atoms with Gasteiger partial charge in [0, 0.05) is 49.4 Å². The van der Waals surface area contributed by atoms with Crippen molar-refractivity contribution in [3.05, 3.63) is 30.0 Å². The molecule has 0 radical (unpaired) electrons. The highest BCUT2D eigenvalue weighted by molar-refractivity contribution is 7.97. The van der Waals surface area contributed by atoms with Crippen LogP contribution >= 0.6 is 11.9 Å². The van der Waals surface area contributed by atoms with Crippen molar-refractivity contribution in [2.24, 2.45) is 5.92 Å². The Kier molecular flexibility index (Phi) is 5.51. The van der Waals surface area contributed by atoms with Crippen LogP contribution in [0.2, 0.25) is 0 Å². The number of carbonyl (C=O) groups excluding carboxylic acids is 1. The van der Waals surface area contributed by atoms with Gasteiger partial charge in [0.2, 0.25) is 5.91 Å². The minimum Gasteiger partial charge on any atom is -0.346 e. The largest absolute Gasteiger partial charge is 0.346 e. The predicted molar refractivity (Wildman–Crippen MR) is 124 cm³/mol. The van der Waals surface area contributed by atoms with Crippen molar-refractivity contribution >= 4 is 40.3 Å². The fourth-order valence-corrected chi connectivity index (χ4v) is 5.77. The second kappa shape index (κ2) is 8.30. The highest BCUT2D eigenvalue weighted by atomic mass is 32.2. The normalized spacial score (nSPS) is 21.4. The number of aromatic nitrogens is 2. The number of nitrogens with one attached hydrogen (secondary N) is 2. The molecule has 1 saturated heterocycles. The van der Waals surface area contributed by atoms with E-state index in [9.17, 15) is 10.1 Å². The monoisotopic (exact) mass is 436 g/mol. The van der Waals surface area contributed by atoms with Gasteiger partial charge in [0.25, 0.3) is 0 Å². The van der Waals surface area contributed by atoms with Gasteiger partial charge in [0.15, 0.2) is 0 Å². The Hall–Kier alpha value is -2.34. The van der Waals surface area contributed by atoms with E-state index in [0.29, 0.717) is 12.2 Å². The third-order valence-electron chi connectivity index (χ3n) is 6.62. The molecule has 1 aliphatic carbocycles. The Bertz CT molecular complexity index is 1060. The second-order valence-corrected chi connectivity index (χ2v) is 10.1. The lowest BCUT2D eigenvalue weighted by atomic mass is 9.84. The molecule has 0 atom stereocenters. The summed E-state index contributed by atoms with van der Waals surface area (Å²) >= 11 is 1.86. The molecule has 0 spiro atoms. The zero-order valence-corrected chi connectivity index (χ0v) is 18.7. The highest BCUT2D eigenvalue weighted by Crippen LogP contribution is 2.39. The maximum absolute atomic E-state index is 12.2. The number of H-pyrrole nitrogens is 1. The summed E-state index contributed by atoms with van der Waals surface area (Å²) in [7, 11) is 0. The summed E-state index contributed by atoms with van der Waals surface area (Å²) in [5, 5.41) is 13.5. The standard InChI is InChI=1S/C23H28N6OS/c1-2-31-29-14-23(15-29,8-9-24)28-11-6-16(7-12-28)19-13-20(27-22(30)17-3-4-17)26-21-18(19)5-10-25-21/h5-6,10,13,17H,2-4,7-8,11-12,14-15H2,1H3,(H2,25,26,27,30). The third-order valence-corrected chi connectivity index (χ3v) is 7.50. The second-order valence-electron chi connectivity index (χ2n) is 8.76. The highest BCUT2D eigenvalue weighted by Gasteiger charge is 2.47. The van der Waals surface area contributed by atoms with Gasteiger partial charge >= 0.3 is 0 Å². The summed E-state index contributed by atoms with van der Waals surface area (Å²) in [5.74, 6) is 1.92. The van der Waals surface area contributed by atoms with Gasteiger partial charge < -0.3 is 10.3 Å². The van der Waals surface area contributed by atoms with Crippen LogP contribution in [0.25, 0.3) is 16.6 Å². The Labute approximate surface area is 187 Å². The molecule has 2 aromatic heterocycles. The number of amides is 1. The summed E-state index contributed by atoms with van der Waals surface area (Å²) in [6.07, 6.45) is 7.65. The smallest absolute Gasteiger partial charge is 0.228 e. The summed E-state index contributed by atoms with van der Waals surface area (Å²) in [6.45, 7) is 5.87. The van der Waals surface area contributed by atoms with Crippen LogP contribution < -0.4 is 5.32 Å². The van der Waals surface area contributed by atoms with Crippen LogP contribution in [0.1, 0.15) is 38.2 Å². The number of carbonyl (C=O) groups is 1. The van der Waals surface area contributed by atoms with Gasteiger partial charge in [-0.15, -0.1) is 0 Å². The van der Waals surface area contributed by atoms with Crippen LogP contribution in [-0.2, 0) is 4.79 Å². The van der Waals surface area contributed by atoms with Crippen molar-refractivity contribution in [2.75, 3.05) is 37.2 Å². The molecule has 2 fully saturated rings. The van der Waals surface area contributed by atoms with E-state index in [2.05, 4.69) is 49.6 Å². The molecule has 4 heterocycles. The molecule has 8 heteroatoms. The van der Waals surface area contributed by atoms with Crippen molar-refractivity contribution in [3.8, 4) is 6.07 Å². The fraction of sp³-hybridized carbons (Fsp3) is 0.522. The van der Waals surface area contributed by atoms with Gasteiger partial charge in [-0.2, -0.15) is 5.26 Å². The first-order valence-corrected chi connectivity index (χ1v) is 12.0. The molecule has 0 bridgehead atoms. The number of nitrogens with zero attached hydrogens (tertiary/aromatic N) is 4. The fourth-order valence-electron chi connectivity index (χ4n) is 4.74. The number of hydrogen-bond donors (Lipinski definition) is 2. The zero-order valence-electron chi connectivity index (χ0n) is 17.9. The molecular formula is C23H28N6OS. The summed E-state index contributed by atoms with van der Waals surface area (Å²) in [6, 6.07) is 6.50. The van der Waals surface area contributed by atoms with E-state index in [4.69, 9.17) is 0 Å². The number of nitriles is 1. The average molecular weight is 437 g/mol. The van der Waals surface area contributed by atoms with Crippen molar-refractivity contribution in [2.45, 2.75) is 38.1 Å². The first-order chi connectivity index (χ1) is 15.1. The molecule has 31 heavy (non-hydrogen) atoms. The lowest BCUT2D eigenvalue weighted by Crippen LogP contribution is -2.68. The van der Waals surface area contributed by atoms with Gasteiger partial charge in [0.05, 0.1) is 18.0 Å². The number of aromatic amines is 1. The first-order valence-electron chi connectivity index (χ1n) is 11.1. The lowest BCUT2D eigenvalue weighted by molar-refractivity contribution is -0.117. The van der Waals surface area contributed by atoms with E-state index in [1.165, 1.54) is 5.57 Å². The number of anilines is 1. The summed E-state index contributed by atoms with van der Waals surface area (Å²) in [5.41, 5.74) is 3.21. The molecule has 5 rings (SSSR count). The Morgan fingerprint density at radius 2 is 2.29 bits per heavy atom. The van der Waals surface area contributed by atoms with Gasteiger partial charge in [-0.25, -0.2) is 9.29 Å². The third kappa shape index (κ3) is 3.98. The number of fused-ring (bicyclic) bond motifs is 1. The Morgan fingerprint density at radius 1 is 1.45 bits per heavy atom. The van der Waals surface area contributed by atoms with Crippen LogP contribution in [0.15, 0.2) is 24.4 Å². The van der Waals surface area contributed by atoms with Crippen LogP contribution in [-0.4, -0.2) is 62.6 Å². The quantitative estimate of drug-likeness (QED) is 0.645. The van der Waals surface area contributed by atoms with Gasteiger partial charge in [-0.3, -0.25) is 9.69 Å². The predicted octanol–water partition coefficient (Wildman–Crippen LogP) is 3.64. The molecule has 7 nitrogen and oxygen atoms in total. The topological polar surface area (TPSA) is 88.1 Å². The number of hydrogen-bond acceptors (Lipinski definition) is 6.